The minimum Gasteiger partial charge on any atom is -0.455 e. The van der Waals surface area contributed by atoms with Crippen molar-refractivity contribution in [1.29, 1.82) is 5.26 Å². The number of nitrogens with two attached hydrogens (primary N) is 1. The van der Waals surface area contributed by atoms with E-state index in [9.17, 15) is 14.4 Å². The largest absolute Gasteiger partial charge is 0.455 e. The fourth-order valence-corrected chi connectivity index (χ4v) is 3.52. The Morgan fingerprint density at radius 3 is 2.72 bits per heavy atom. The number of anilines is 2. The zero-order valence-electron chi connectivity index (χ0n) is 17.8. The molecule has 2 aromatic carbocycles. The predicted molar refractivity (Wildman–Crippen MR) is 128 cm³/mol. The van der Waals surface area contributed by atoms with E-state index in [0.29, 0.717) is 16.9 Å². The molecule has 0 unspecified atom stereocenters. The van der Waals surface area contributed by atoms with E-state index in [2.05, 4.69) is 9.71 Å². The Labute approximate surface area is 189 Å². The molecule has 0 fully saturated rings. The lowest BCUT2D eigenvalue weighted by Gasteiger charge is -2.17. The monoisotopic (exact) mass is 451 g/mol. The summed E-state index contributed by atoms with van der Waals surface area (Å²) in [7, 11) is 3.19. The minimum atomic E-state index is -0.531. The van der Waals surface area contributed by atoms with Crippen molar-refractivity contribution in [2.75, 3.05) is 23.3 Å². The molecule has 0 aliphatic carbocycles. The number of aliphatic imine (C=N–C) groups is 1. The molecular weight excluding hydrogens is 429 g/mol. The molecule has 1 heterocycles. The third kappa shape index (κ3) is 4.76. The Bertz CT molecular complexity index is 1280. The molecule has 0 bridgehead atoms. The Morgan fingerprint density at radius 1 is 1.28 bits per heavy atom. The van der Waals surface area contributed by atoms with Crippen LogP contribution in [0.1, 0.15) is 18.1 Å². The van der Waals surface area contributed by atoms with Gasteiger partial charge >= 0.3 is 0 Å². The van der Waals surface area contributed by atoms with Crippen molar-refractivity contribution in [3.8, 4) is 28.7 Å². The Kier molecular flexibility index (Phi) is 7.18. The maximum atomic E-state index is 13.6. The maximum Gasteiger partial charge on any atom is 0.261 e. The fraction of sp³-hybridized carbons (Fsp3) is 0.174. The van der Waals surface area contributed by atoms with Crippen LogP contribution in [-0.2, 0) is 7.05 Å². The molecule has 9 heteroatoms. The first-order chi connectivity index (χ1) is 15.4. The number of hydrogen-bond donors (Lipinski definition) is 2. The molecule has 3 rings (SSSR count). The SMILES string of the molecule is CCSNc1ccc(Oc2ccc(F)cc2C#N)c(-c2cn(C)c(=O)c(C=NC)c2N)c1. The Morgan fingerprint density at radius 2 is 2.03 bits per heavy atom. The van der Waals surface area contributed by atoms with Gasteiger partial charge in [-0.25, -0.2) is 4.39 Å². The summed E-state index contributed by atoms with van der Waals surface area (Å²) >= 11 is 1.52. The fourth-order valence-electron chi connectivity index (χ4n) is 3.09. The molecule has 0 saturated carbocycles. The van der Waals surface area contributed by atoms with Crippen LogP contribution in [0.25, 0.3) is 11.1 Å². The zero-order chi connectivity index (χ0) is 23.3. The van der Waals surface area contributed by atoms with Gasteiger partial charge < -0.3 is 19.8 Å². The number of nitrogens with zero attached hydrogens (tertiary/aromatic N) is 3. The van der Waals surface area contributed by atoms with Gasteiger partial charge in [-0.3, -0.25) is 9.79 Å². The van der Waals surface area contributed by atoms with Gasteiger partial charge in [0.1, 0.15) is 23.4 Å². The van der Waals surface area contributed by atoms with E-state index in [0.717, 1.165) is 17.5 Å². The van der Waals surface area contributed by atoms with E-state index in [1.54, 1.807) is 26.4 Å². The standard InChI is InChI=1S/C23H22FN5O2S/c1-4-32-28-16-6-8-21(31-20-7-5-15(24)9-14(20)11-25)17(10-16)19-13-29(3)23(30)18(12-27-2)22(19)26/h5-10,12-13,28H,4,26H2,1-3H3. The van der Waals surface area contributed by atoms with Crippen molar-refractivity contribution < 1.29 is 9.13 Å². The first-order valence-electron chi connectivity index (χ1n) is 9.70. The summed E-state index contributed by atoms with van der Waals surface area (Å²) in [6.45, 7) is 2.02. The number of nitrogen functional groups attached to an aromatic ring is 1. The van der Waals surface area contributed by atoms with Crippen molar-refractivity contribution in [1.82, 2.24) is 4.57 Å². The molecule has 32 heavy (non-hydrogen) atoms. The van der Waals surface area contributed by atoms with E-state index < -0.39 is 5.82 Å². The topological polar surface area (TPSA) is 105 Å². The lowest BCUT2D eigenvalue weighted by atomic mass is 10.0. The molecule has 0 amide bonds. The predicted octanol–water partition coefficient (Wildman–Crippen LogP) is 4.57. The summed E-state index contributed by atoms with van der Waals surface area (Å²) in [5.74, 6) is 0.923. The Hall–Kier alpha value is -3.77. The molecule has 0 saturated heterocycles. The van der Waals surface area contributed by atoms with Crippen LogP contribution in [0.3, 0.4) is 0 Å². The lowest BCUT2D eigenvalue weighted by Crippen LogP contribution is -2.23. The number of hydrogen-bond acceptors (Lipinski definition) is 7. The van der Waals surface area contributed by atoms with Crippen LogP contribution in [0, 0.1) is 17.1 Å². The molecule has 0 spiro atoms. The first kappa shape index (κ1) is 22.9. The minimum absolute atomic E-state index is 0.0620. The van der Waals surface area contributed by atoms with Crippen LogP contribution in [0.5, 0.6) is 11.5 Å². The normalized spacial score (nSPS) is 10.8. The highest BCUT2D eigenvalue weighted by atomic mass is 32.2. The van der Waals surface area contributed by atoms with Crippen LogP contribution >= 0.6 is 11.9 Å². The van der Waals surface area contributed by atoms with Gasteiger partial charge in [-0.2, -0.15) is 5.26 Å². The van der Waals surface area contributed by atoms with Crippen LogP contribution in [-0.4, -0.2) is 23.6 Å². The van der Waals surface area contributed by atoms with Gasteiger partial charge in [-0.15, -0.1) is 0 Å². The highest BCUT2D eigenvalue weighted by molar-refractivity contribution is 8.00. The van der Waals surface area contributed by atoms with Gasteiger partial charge in [0.15, 0.2) is 0 Å². The van der Waals surface area contributed by atoms with Crippen molar-refractivity contribution in [3.05, 3.63) is 69.9 Å². The number of aromatic nitrogens is 1. The van der Waals surface area contributed by atoms with Gasteiger partial charge in [0.05, 0.1) is 16.8 Å². The van der Waals surface area contributed by atoms with Crippen molar-refractivity contribution >= 4 is 29.5 Å². The summed E-state index contributed by atoms with van der Waals surface area (Å²) in [6, 6.07) is 11.1. The van der Waals surface area contributed by atoms with Gasteiger partial charge in [0, 0.05) is 49.1 Å². The first-order valence-corrected chi connectivity index (χ1v) is 10.7. The third-order valence-corrected chi connectivity index (χ3v) is 5.27. The van der Waals surface area contributed by atoms with E-state index in [4.69, 9.17) is 10.5 Å². The zero-order valence-corrected chi connectivity index (χ0v) is 18.7. The van der Waals surface area contributed by atoms with Crippen molar-refractivity contribution in [2.24, 2.45) is 12.0 Å². The van der Waals surface area contributed by atoms with Gasteiger partial charge in [0.25, 0.3) is 5.56 Å². The second-order valence-electron chi connectivity index (χ2n) is 6.77. The number of halogens is 1. The van der Waals surface area contributed by atoms with Gasteiger partial charge in [0.2, 0.25) is 0 Å². The van der Waals surface area contributed by atoms with E-state index in [1.807, 2.05) is 25.1 Å². The molecule has 3 aromatic rings. The number of nitrogens with one attached hydrogen (secondary N) is 1. The summed E-state index contributed by atoms with van der Waals surface area (Å²) in [5.41, 5.74) is 8.63. The average Bonchev–Trinajstić information content (AvgIpc) is 2.79. The number of aryl methyl sites for hydroxylation is 1. The molecule has 164 valence electrons. The lowest BCUT2D eigenvalue weighted by molar-refractivity contribution is 0.480. The summed E-state index contributed by atoms with van der Waals surface area (Å²) < 4.78 is 24.2. The molecule has 3 N–H and O–H groups in total. The smallest absolute Gasteiger partial charge is 0.261 e. The average molecular weight is 452 g/mol. The maximum absolute atomic E-state index is 13.6. The van der Waals surface area contributed by atoms with Gasteiger partial charge in [-0.1, -0.05) is 18.9 Å². The number of rotatable bonds is 7. The van der Waals surface area contributed by atoms with E-state index >= 15 is 0 Å². The summed E-state index contributed by atoms with van der Waals surface area (Å²) in [5, 5.41) is 9.37. The molecule has 7 nitrogen and oxygen atoms in total. The van der Waals surface area contributed by atoms with Crippen molar-refractivity contribution in [2.45, 2.75) is 6.92 Å². The molecule has 0 aliphatic rings. The van der Waals surface area contributed by atoms with Crippen LogP contribution in [0.15, 0.2) is 52.4 Å². The second-order valence-corrected chi connectivity index (χ2v) is 7.84. The van der Waals surface area contributed by atoms with E-state index in [1.165, 1.54) is 34.9 Å². The third-order valence-electron chi connectivity index (χ3n) is 4.60. The van der Waals surface area contributed by atoms with Crippen molar-refractivity contribution in [3.63, 3.8) is 0 Å². The van der Waals surface area contributed by atoms with E-state index in [-0.39, 0.29) is 28.1 Å². The number of ether oxygens (including phenoxy) is 1. The highest BCUT2D eigenvalue weighted by Gasteiger charge is 2.18. The van der Waals surface area contributed by atoms with Crippen LogP contribution in [0.2, 0.25) is 0 Å². The summed E-state index contributed by atoms with van der Waals surface area (Å²) in [4.78, 5) is 16.5. The number of benzene rings is 2. The number of pyridine rings is 1. The molecule has 0 aliphatic heterocycles. The quantitative estimate of drug-likeness (QED) is 0.403. The summed E-state index contributed by atoms with van der Waals surface area (Å²) in [6.07, 6.45) is 3.05. The molecule has 0 atom stereocenters. The molecule has 1 aromatic heterocycles. The second kappa shape index (κ2) is 10.0. The van der Waals surface area contributed by atoms with Gasteiger partial charge in [-0.05, 0) is 36.4 Å². The Balaban J connectivity index is 2.22. The van der Waals surface area contributed by atoms with Crippen LogP contribution in [0.4, 0.5) is 15.8 Å². The molecule has 0 radical (unpaired) electrons. The molecular formula is C23H22FN5O2S. The highest BCUT2D eigenvalue weighted by Crippen LogP contribution is 2.39. The number of nitriles is 1. The van der Waals surface area contributed by atoms with Crippen LogP contribution < -0.4 is 20.8 Å².